The maximum absolute atomic E-state index is 10.6. The number of nitro benzene ring substituents is 1. The van der Waals surface area contributed by atoms with E-state index in [9.17, 15) is 15.2 Å². The molecule has 0 amide bonds. The maximum Gasteiger partial charge on any atom is 0.288 e. The van der Waals surface area contributed by atoms with Gasteiger partial charge in [-0.1, -0.05) is 17.7 Å². The van der Waals surface area contributed by atoms with E-state index >= 15 is 0 Å². The van der Waals surface area contributed by atoms with Gasteiger partial charge in [0.05, 0.1) is 18.1 Å². The predicted octanol–water partition coefficient (Wildman–Crippen LogP) is 3.27. The Morgan fingerprint density at radius 1 is 1.36 bits per heavy atom. The van der Waals surface area contributed by atoms with Gasteiger partial charge in [0.15, 0.2) is 0 Å². The van der Waals surface area contributed by atoms with Crippen molar-refractivity contribution in [2.45, 2.75) is 12.7 Å². The monoisotopic (exact) mass is 343 g/mol. The van der Waals surface area contributed by atoms with E-state index in [1.54, 1.807) is 11.3 Å². The number of aliphatic hydroxyl groups excluding tert-OH is 1. The molecule has 2 aromatic rings. The van der Waals surface area contributed by atoms with Crippen LogP contribution in [0.1, 0.15) is 4.88 Å². The fourth-order valence-corrected chi connectivity index (χ4v) is 2.54. The second kappa shape index (κ2) is 8.09. The predicted molar refractivity (Wildman–Crippen MR) is 83.6 cm³/mol. The summed E-state index contributed by atoms with van der Waals surface area (Å²) in [6.07, 6.45) is -0.797. The van der Waals surface area contributed by atoms with Crippen LogP contribution in [-0.2, 0) is 11.3 Å². The first-order valence-electron chi connectivity index (χ1n) is 6.41. The summed E-state index contributed by atoms with van der Waals surface area (Å²) in [6, 6.07) is 7.92. The molecule has 2 rings (SSSR count). The van der Waals surface area contributed by atoms with Gasteiger partial charge in [0, 0.05) is 17.0 Å². The van der Waals surface area contributed by atoms with Crippen molar-refractivity contribution in [2.75, 3.05) is 13.2 Å². The van der Waals surface area contributed by atoms with Crippen molar-refractivity contribution in [3.8, 4) is 5.75 Å². The van der Waals surface area contributed by atoms with Crippen LogP contribution in [0.3, 0.4) is 0 Å². The molecule has 1 unspecified atom stereocenters. The lowest BCUT2D eigenvalue weighted by Crippen LogP contribution is -2.23. The molecular weight excluding hydrogens is 330 g/mol. The van der Waals surface area contributed by atoms with E-state index in [-0.39, 0.29) is 23.9 Å². The Morgan fingerprint density at radius 2 is 2.18 bits per heavy atom. The highest BCUT2D eigenvalue weighted by Gasteiger charge is 2.13. The number of nitrogens with zero attached hydrogens (tertiary/aromatic N) is 1. The molecule has 1 atom stereocenters. The second-order valence-electron chi connectivity index (χ2n) is 4.43. The van der Waals surface area contributed by atoms with Gasteiger partial charge in [-0.05, 0) is 17.5 Å². The van der Waals surface area contributed by atoms with E-state index in [2.05, 4.69) is 0 Å². The van der Waals surface area contributed by atoms with Crippen LogP contribution < -0.4 is 4.74 Å². The van der Waals surface area contributed by atoms with Gasteiger partial charge in [-0.2, -0.15) is 0 Å². The SMILES string of the molecule is O=[N+]([O-])c1ccc(OCC(O)COCc2cccs2)cc1Cl. The number of hydrogen-bond acceptors (Lipinski definition) is 6. The maximum atomic E-state index is 10.6. The van der Waals surface area contributed by atoms with E-state index in [1.165, 1.54) is 18.2 Å². The van der Waals surface area contributed by atoms with Crippen LogP contribution in [0.15, 0.2) is 35.7 Å². The Bertz CT molecular complexity index is 620. The molecule has 8 heteroatoms. The van der Waals surface area contributed by atoms with Crippen LogP contribution in [-0.4, -0.2) is 29.3 Å². The molecule has 1 heterocycles. The summed E-state index contributed by atoms with van der Waals surface area (Å²) in [4.78, 5) is 11.1. The third-order valence-electron chi connectivity index (χ3n) is 2.69. The van der Waals surface area contributed by atoms with Crippen LogP contribution >= 0.6 is 22.9 Å². The van der Waals surface area contributed by atoms with Crippen LogP contribution in [0, 0.1) is 10.1 Å². The van der Waals surface area contributed by atoms with Gasteiger partial charge in [0.2, 0.25) is 0 Å². The molecule has 0 spiro atoms. The standard InChI is InChI=1S/C14H14ClNO5S/c15-13-6-11(3-4-14(13)16(18)19)21-8-10(17)7-20-9-12-2-1-5-22-12/h1-6,10,17H,7-9H2. The molecule has 1 aromatic heterocycles. The third kappa shape index (κ3) is 4.96. The van der Waals surface area contributed by atoms with Crippen LogP contribution in [0.2, 0.25) is 5.02 Å². The summed E-state index contributed by atoms with van der Waals surface area (Å²) in [5.41, 5.74) is -0.186. The number of benzene rings is 1. The summed E-state index contributed by atoms with van der Waals surface area (Å²) in [7, 11) is 0. The number of thiophene rings is 1. The Hall–Kier alpha value is -1.67. The lowest BCUT2D eigenvalue weighted by molar-refractivity contribution is -0.384. The van der Waals surface area contributed by atoms with Gasteiger partial charge in [-0.3, -0.25) is 10.1 Å². The fraction of sp³-hybridized carbons (Fsp3) is 0.286. The van der Waals surface area contributed by atoms with Gasteiger partial charge in [-0.15, -0.1) is 11.3 Å². The summed E-state index contributed by atoms with van der Waals surface area (Å²) in [6.45, 7) is 0.593. The Morgan fingerprint density at radius 3 is 2.82 bits per heavy atom. The summed E-state index contributed by atoms with van der Waals surface area (Å²) in [5, 5.41) is 22.3. The Kier molecular flexibility index (Phi) is 6.14. The van der Waals surface area contributed by atoms with Gasteiger partial charge in [-0.25, -0.2) is 0 Å². The minimum Gasteiger partial charge on any atom is -0.491 e. The number of ether oxygens (including phenoxy) is 2. The molecule has 0 fully saturated rings. The van der Waals surface area contributed by atoms with E-state index in [0.29, 0.717) is 12.4 Å². The topological polar surface area (TPSA) is 81.8 Å². The highest BCUT2D eigenvalue weighted by Crippen LogP contribution is 2.28. The number of aliphatic hydroxyl groups is 1. The number of hydrogen-bond donors (Lipinski definition) is 1. The molecule has 1 aromatic carbocycles. The molecule has 0 radical (unpaired) electrons. The molecular formula is C14H14ClNO5S. The molecule has 118 valence electrons. The fourth-order valence-electron chi connectivity index (χ4n) is 1.66. The zero-order valence-electron chi connectivity index (χ0n) is 11.5. The zero-order chi connectivity index (χ0) is 15.9. The second-order valence-corrected chi connectivity index (χ2v) is 5.87. The highest BCUT2D eigenvalue weighted by molar-refractivity contribution is 7.09. The molecule has 0 saturated heterocycles. The first kappa shape index (κ1) is 16.7. The highest BCUT2D eigenvalue weighted by atomic mass is 35.5. The molecule has 6 nitrogen and oxygen atoms in total. The van der Waals surface area contributed by atoms with Gasteiger partial charge >= 0.3 is 0 Å². The smallest absolute Gasteiger partial charge is 0.288 e. The lowest BCUT2D eigenvalue weighted by atomic mass is 10.3. The summed E-state index contributed by atoms with van der Waals surface area (Å²) >= 11 is 7.36. The Labute approximate surface area is 136 Å². The van der Waals surface area contributed by atoms with Crippen molar-refractivity contribution >= 4 is 28.6 Å². The van der Waals surface area contributed by atoms with Crippen molar-refractivity contribution in [1.82, 2.24) is 0 Å². The Balaban J connectivity index is 1.75. The summed E-state index contributed by atoms with van der Waals surface area (Å²) < 4.78 is 10.7. The average Bonchev–Trinajstić information content (AvgIpc) is 2.98. The largest absolute Gasteiger partial charge is 0.491 e. The molecule has 0 aliphatic rings. The van der Waals surface area contributed by atoms with Crippen molar-refractivity contribution in [3.05, 3.63) is 55.7 Å². The molecule has 0 aliphatic carbocycles. The van der Waals surface area contributed by atoms with Crippen LogP contribution in [0.25, 0.3) is 0 Å². The van der Waals surface area contributed by atoms with E-state index in [4.69, 9.17) is 21.1 Å². The average molecular weight is 344 g/mol. The molecule has 1 N–H and O–H groups in total. The van der Waals surface area contributed by atoms with Crippen molar-refractivity contribution in [3.63, 3.8) is 0 Å². The van der Waals surface area contributed by atoms with Gasteiger partial charge in [0.1, 0.15) is 23.5 Å². The zero-order valence-corrected chi connectivity index (χ0v) is 13.0. The minimum atomic E-state index is -0.797. The van der Waals surface area contributed by atoms with E-state index < -0.39 is 11.0 Å². The van der Waals surface area contributed by atoms with Crippen LogP contribution in [0.5, 0.6) is 5.75 Å². The van der Waals surface area contributed by atoms with E-state index in [0.717, 1.165) is 4.88 Å². The molecule has 0 saturated carbocycles. The molecule has 0 aliphatic heterocycles. The van der Waals surface area contributed by atoms with Gasteiger partial charge in [0.25, 0.3) is 5.69 Å². The van der Waals surface area contributed by atoms with Crippen molar-refractivity contribution < 1.29 is 19.5 Å². The quantitative estimate of drug-likeness (QED) is 0.587. The van der Waals surface area contributed by atoms with Crippen molar-refractivity contribution in [2.24, 2.45) is 0 Å². The summed E-state index contributed by atoms with van der Waals surface area (Å²) in [5.74, 6) is 0.355. The molecule has 22 heavy (non-hydrogen) atoms. The number of halogens is 1. The van der Waals surface area contributed by atoms with Crippen LogP contribution in [0.4, 0.5) is 5.69 Å². The lowest BCUT2D eigenvalue weighted by Gasteiger charge is -2.12. The number of nitro groups is 1. The van der Waals surface area contributed by atoms with Crippen molar-refractivity contribution in [1.29, 1.82) is 0 Å². The van der Waals surface area contributed by atoms with Gasteiger partial charge < -0.3 is 14.6 Å². The third-order valence-corrected chi connectivity index (χ3v) is 3.85. The molecule has 0 bridgehead atoms. The minimum absolute atomic E-state index is 0.00839. The normalized spacial score (nSPS) is 12.1. The first-order chi connectivity index (χ1) is 10.6. The van der Waals surface area contributed by atoms with E-state index in [1.807, 2.05) is 17.5 Å². The first-order valence-corrected chi connectivity index (χ1v) is 7.67. The number of rotatable bonds is 8.